The van der Waals surface area contributed by atoms with Gasteiger partial charge in [0.05, 0.1) is 24.0 Å². The minimum absolute atomic E-state index is 0.0162. The summed E-state index contributed by atoms with van der Waals surface area (Å²) >= 11 is 0. The molecule has 4 N–H and O–H groups in total. The Morgan fingerprint density at radius 3 is 1.96 bits per heavy atom. The van der Waals surface area contributed by atoms with Gasteiger partial charge in [0.1, 0.15) is 11.9 Å². The number of aryl methyl sites for hydroxylation is 2. The van der Waals surface area contributed by atoms with Crippen LogP contribution in [0.2, 0.25) is 0 Å². The predicted molar refractivity (Wildman–Crippen MR) is 171 cm³/mol. The molecule has 0 saturated heterocycles. The van der Waals surface area contributed by atoms with Crippen LogP contribution in [0.3, 0.4) is 0 Å². The van der Waals surface area contributed by atoms with Crippen molar-refractivity contribution in [3.8, 4) is 0 Å². The Labute approximate surface area is 261 Å². The highest BCUT2D eigenvalue weighted by Gasteiger charge is 2.36. The molecule has 4 aromatic carbocycles. The molecule has 4 aromatic rings. The number of Topliss-reactive ketones (excluding diaryl/α,β-unsaturated/α-hetero) is 1. The van der Waals surface area contributed by atoms with E-state index in [0.717, 1.165) is 11.1 Å². The van der Waals surface area contributed by atoms with Gasteiger partial charge in [-0.1, -0.05) is 71.8 Å². The van der Waals surface area contributed by atoms with Crippen LogP contribution in [-0.2, 0) is 4.79 Å². The van der Waals surface area contributed by atoms with Gasteiger partial charge < -0.3 is 15.5 Å². The standard InChI is InChI=1S/C36H35N3O6/c1-22-10-14-24(15-11-22)37-32(19-18-26(41)20-27(42)21-40)39(38-25-16-12-23(2)13-17-25)36(45)31-9-5-8-30-33(31)35(44)29-7-4-3-6-28(29)34(30)43/h3-17,27,32,37-38,40,42H,18-21H2,1-2H3. The van der Waals surface area contributed by atoms with E-state index in [2.05, 4.69) is 10.7 Å². The molecule has 2 atom stereocenters. The molecule has 1 aliphatic rings. The molecule has 0 radical (unpaired) electrons. The van der Waals surface area contributed by atoms with Gasteiger partial charge in [-0.3, -0.25) is 24.6 Å². The number of hydrogen-bond donors (Lipinski definition) is 4. The summed E-state index contributed by atoms with van der Waals surface area (Å²) in [6.45, 7) is 3.36. The second-order valence-electron chi connectivity index (χ2n) is 11.2. The number of hydrazine groups is 1. The smallest absolute Gasteiger partial charge is 0.274 e. The molecular formula is C36H35N3O6. The molecule has 0 saturated carbocycles. The molecule has 0 bridgehead atoms. The quantitative estimate of drug-likeness (QED) is 0.114. The molecule has 230 valence electrons. The van der Waals surface area contributed by atoms with Gasteiger partial charge in [-0.2, -0.15) is 0 Å². The Balaban J connectivity index is 1.57. The maximum absolute atomic E-state index is 14.6. The van der Waals surface area contributed by atoms with Gasteiger partial charge in [-0.05, 0) is 50.6 Å². The second kappa shape index (κ2) is 13.7. The summed E-state index contributed by atoms with van der Waals surface area (Å²) in [5.74, 6) is -1.63. The Morgan fingerprint density at radius 1 is 0.756 bits per heavy atom. The average molecular weight is 606 g/mol. The number of anilines is 2. The number of rotatable bonds is 12. The molecule has 0 aromatic heterocycles. The van der Waals surface area contributed by atoms with Crippen LogP contribution in [-0.4, -0.2) is 57.4 Å². The molecule has 1 aliphatic carbocycles. The maximum Gasteiger partial charge on any atom is 0.274 e. The highest BCUT2D eigenvalue weighted by Crippen LogP contribution is 2.31. The Kier molecular flexibility index (Phi) is 9.51. The lowest BCUT2D eigenvalue weighted by Crippen LogP contribution is -2.49. The molecule has 0 heterocycles. The fourth-order valence-electron chi connectivity index (χ4n) is 5.33. The molecule has 0 aliphatic heterocycles. The van der Waals surface area contributed by atoms with E-state index in [-0.39, 0.29) is 58.6 Å². The first-order valence-corrected chi connectivity index (χ1v) is 14.8. The number of nitrogens with zero attached hydrogens (tertiary/aromatic N) is 1. The third-order valence-electron chi connectivity index (χ3n) is 7.77. The number of carbonyl (C=O) groups is 4. The lowest BCUT2D eigenvalue weighted by Gasteiger charge is -2.35. The summed E-state index contributed by atoms with van der Waals surface area (Å²) < 4.78 is 0. The van der Waals surface area contributed by atoms with Crippen LogP contribution in [0, 0.1) is 13.8 Å². The summed E-state index contributed by atoms with van der Waals surface area (Å²) in [6, 6.07) is 26.1. The fraction of sp³-hybridized carbons (Fsp3) is 0.222. The molecule has 0 spiro atoms. The van der Waals surface area contributed by atoms with Gasteiger partial charge in [0.25, 0.3) is 5.91 Å². The highest BCUT2D eigenvalue weighted by atomic mass is 16.3. The largest absolute Gasteiger partial charge is 0.394 e. The van der Waals surface area contributed by atoms with Gasteiger partial charge in [-0.25, -0.2) is 5.01 Å². The van der Waals surface area contributed by atoms with Crippen molar-refractivity contribution in [2.24, 2.45) is 0 Å². The summed E-state index contributed by atoms with van der Waals surface area (Å²) in [6.07, 6.45) is -2.12. The van der Waals surface area contributed by atoms with Gasteiger partial charge in [0.2, 0.25) is 0 Å². The minimum Gasteiger partial charge on any atom is -0.394 e. The molecule has 9 nitrogen and oxygen atoms in total. The number of aliphatic hydroxyl groups excluding tert-OH is 2. The van der Waals surface area contributed by atoms with E-state index in [1.807, 2.05) is 62.4 Å². The van der Waals surface area contributed by atoms with Crippen molar-refractivity contribution in [3.05, 3.63) is 130 Å². The number of nitrogens with one attached hydrogen (secondary N) is 2. The number of fused-ring (bicyclic) bond motifs is 2. The SMILES string of the molecule is Cc1ccc(NC(CCC(=O)CC(O)CO)N(Nc2ccc(C)cc2)C(=O)c2cccc3c2C(=O)c2ccccc2C3=O)cc1. The topological polar surface area (TPSA) is 136 Å². The monoisotopic (exact) mass is 605 g/mol. The highest BCUT2D eigenvalue weighted by molar-refractivity contribution is 6.30. The van der Waals surface area contributed by atoms with E-state index >= 15 is 0 Å². The van der Waals surface area contributed by atoms with E-state index < -0.39 is 30.6 Å². The molecule has 2 unspecified atom stereocenters. The summed E-state index contributed by atoms with van der Waals surface area (Å²) in [5.41, 5.74) is 7.25. The van der Waals surface area contributed by atoms with Crippen LogP contribution in [0.25, 0.3) is 0 Å². The van der Waals surface area contributed by atoms with Crippen molar-refractivity contribution in [2.45, 2.75) is 45.4 Å². The minimum atomic E-state index is -1.17. The number of benzene rings is 4. The van der Waals surface area contributed by atoms with Crippen molar-refractivity contribution in [1.82, 2.24) is 5.01 Å². The third-order valence-corrected chi connectivity index (χ3v) is 7.77. The number of amides is 1. The number of carbonyl (C=O) groups excluding carboxylic acids is 4. The van der Waals surface area contributed by atoms with Crippen molar-refractivity contribution in [1.29, 1.82) is 0 Å². The van der Waals surface area contributed by atoms with Gasteiger partial charge in [0, 0.05) is 40.8 Å². The Hall–Kier alpha value is -5.12. The Morgan fingerprint density at radius 2 is 1.33 bits per heavy atom. The maximum atomic E-state index is 14.6. The molecule has 9 heteroatoms. The van der Waals surface area contributed by atoms with Crippen LogP contribution in [0.5, 0.6) is 0 Å². The van der Waals surface area contributed by atoms with Crippen LogP contribution in [0.4, 0.5) is 11.4 Å². The van der Waals surface area contributed by atoms with Crippen molar-refractivity contribution >= 4 is 34.6 Å². The first-order chi connectivity index (χ1) is 21.7. The zero-order valence-electron chi connectivity index (χ0n) is 25.1. The van der Waals surface area contributed by atoms with Crippen LogP contribution in [0.1, 0.15) is 72.6 Å². The normalized spacial score (nSPS) is 13.3. The van der Waals surface area contributed by atoms with Crippen LogP contribution in [0.15, 0.2) is 91.0 Å². The number of aliphatic hydroxyl groups is 2. The summed E-state index contributed by atoms with van der Waals surface area (Å²) in [4.78, 5) is 54.6. The van der Waals surface area contributed by atoms with Crippen molar-refractivity contribution in [3.63, 3.8) is 0 Å². The molecule has 5 rings (SSSR count). The lowest BCUT2D eigenvalue weighted by molar-refractivity contribution is -0.121. The average Bonchev–Trinajstić information content (AvgIpc) is 3.05. The van der Waals surface area contributed by atoms with Gasteiger partial charge in [-0.15, -0.1) is 0 Å². The molecule has 1 amide bonds. The van der Waals surface area contributed by atoms with E-state index in [1.54, 1.807) is 36.4 Å². The predicted octanol–water partition coefficient (Wildman–Crippen LogP) is 5.08. The van der Waals surface area contributed by atoms with E-state index in [1.165, 1.54) is 11.1 Å². The number of ketones is 3. The first-order valence-electron chi connectivity index (χ1n) is 14.8. The number of hydrogen-bond acceptors (Lipinski definition) is 8. The van der Waals surface area contributed by atoms with E-state index in [4.69, 9.17) is 0 Å². The molecule has 45 heavy (non-hydrogen) atoms. The fourth-order valence-corrected chi connectivity index (χ4v) is 5.33. The summed E-state index contributed by atoms with van der Waals surface area (Å²) in [5, 5.41) is 23.7. The van der Waals surface area contributed by atoms with E-state index in [9.17, 15) is 29.4 Å². The first kappa shape index (κ1) is 31.3. The molecular weight excluding hydrogens is 570 g/mol. The second-order valence-corrected chi connectivity index (χ2v) is 11.2. The van der Waals surface area contributed by atoms with Gasteiger partial charge in [0.15, 0.2) is 11.6 Å². The zero-order valence-corrected chi connectivity index (χ0v) is 25.1. The van der Waals surface area contributed by atoms with Crippen LogP contribution < -0.4 is 10.7 Å². The van der Waals surface area contributed by atoms with Crippen molar-refractivity contribution < 1.29 is 29.4 Å². The third kappa shape index (κ3) is 7.01. The van der Waals surface area contributed by atoms with E-state index in [0.29, 0.717) is 11.4 Å². The lowest BCUT2D eigenvalue weighted by atomic mass is 9.81. The summed E-state index contributed by atoms with van der Waals surface area (Å²) in [7, 11) is 0. The zero-order chi connectivity index (χ0) is 32.1. The Bertz CT molecular complexity index is 1730. The van der Waals surface area contributed by atoms with Crippen LogP contribution >= 0.6 is 0 Å². The molecule has 0 fully saturated rings. The van der Waals surface area contributed by atoms with Gasteiger partial charge >= 0.3 is 0 Å². The van der Waals surface area contributed by atoms with Crippen molar-refractivity contribution in [2.75, 3.05) is 17.3 Å².